The van der Waals surface area contributed by atoms with Crippen molar-refractivity contribution in [1.29, 1.82) is 0 Å². The number of benzene rings is 1. The lowest BCUT2D eigenvalue weighted by atomic mass is 10.0. The van der Waals surface area contributed by atoms with Crippen LogP contribution in [0.4, 0.5) is 0 Å². The monoisotopic (exact) mass is 476 g/mol. The molecule has 0 bridgehead atoms. The lowest BCUT2D eigenvalue weighted by Gasteiger charge is -2.17. The summed E-state index contributed by atoms with van der Waals surface area (Å²) in [7, 11) is 1.80. The molecule has 0 saturated heterocycles. The number of aromatic carboxylic acids is 1. The highest BCUT2D eigenvalue weighted by Crippen LogP contribution is 2.46. The number of carboxylic acid groups (broad SMARTS) is 2. The molecule has 2 N–H and O–H groups in total. The number of rotatable bonds is 8. The molecule has 2 aromatic rings. The fourth-order valence-corrected chi connectivity index (χ4v) is 4.55. The van der Waals surface area contributed by atoms with E-state index in [1.807, 2.05) is 18.2 Å². The number of halogens is 1. The van der Waals surface area contributed by atoms with Crippen molar-refractivity contribution in [2.24, 2.45) is 5.16 Å². The van der Waals surface area contributed by atoms with E-state index in [0.29, 0.717) is 22.8 Å². The van der Waals surface area contributed by atoms with Gasteiger partial charge in [0.1, 0.15) is 29.1 Å². The van der Waals surface area contributed by atoms with Crippen molar-refractivity contribution in [2.45, 2.75) is 6.04 Å². The topological polar surface area (TPSA) is 118 Å². The lowest BCUT2D eigenvalue weighted by Crippen LogP contribution is -2.30. The molecule has 0 radical (unpaired) electrons. The van der Waals surface area contributed by atoms with Crippen LogP contribution in [0.2, 0.25) is 5.02 Å². The summed E-state index contributed by atoms with van der Waals surface area (Å²) in [6.45, 7) is -0.390. The van der Waals surface area contributed by atoms with Gasteiger partial charge in [-0.05, 0) is 29.3 Å². The molecule has 1 aliphatic heterocycles. The van der Waals surface area contributed by atoms with Gasteiger partial charge in [-0.25, -0.2) is 9.59 Å². The van der Waals surface area contributed by atoms with Gasteiger partial charge in [-0.1, -0.05) is 41.0 Å². The normalized spacial score (nSPS) is 17.2. The standard InChI is InChI=1S/C21H17ClN2O7S/c1-24-15-7-11(5-6-14(15)23-31-24)9-29-13-4-2-3-12(8-13)19-17(22)18(30-10-16(25)26)20(32-19)21(27)28/h2-8,15H,9-10H2,1H3,(H,25,26)(H,27,28). The van der Waals surface area contributed by atoms with Crippen molar-refractivity contribution in [1.82, 2.24) is 5.06 Å². The molecule has 32 heavy (non-hydrogen) atoms. The minimum absolute atomic E-state index is 0.0415. The average Bonchev–Trinajstić information content (AvgIpc) is 3.30. The second-order valence-electron chi connectivity index (χ2n) is 6.87. The second-order valence-corrected chi connectivity index (χ2v) is 8.27. The number of carboxylic acids is 2. The SMILES string of the molecule is CN1ON=C2C=CC(COc3cccc(-c4sc(C(=O)O)c(OCC(=O)O)c4Cl)c3)=CC21. The maximum Gasteiger partial charge on any atom is 0.349 e. The van der Waals surface area contributed by atoms with Gasteiger partial charge in [0, 0.05) is 7.05 Å². The molecule has 4 rings (SSSR count). The van der Waals surface area contributed by atoms with Crippen molar-refractivity contribution >= 4 is 40.6 Å². The number of ether oxygens (including phenoxy) is 2. The number of hydrogen-bond donors (Lipinski definition) is 2. The predicted octanol–water partition coefficient (Wildman–Crippen LogP) is 3.71. The first-order chi connectivity index (χ1) is 15.3. The number of aliphatic carboxylic acids is 1. The first kappa shape index (κ1) is 21.9. The second kappa shape index (κ2) is 9.03. The molecule has 166 valence electrons. The van der Waals surface area contributed by atoms with Gasteiger partial charge in [-0.15, -0.1) is 16.4 Å². The molecule has 1 unspecified atom stereocenters. The van der Waals surface area contributed by atoms with Gasteiger partial charge in [0.25, 0.3) is 0 Å². The maximum atomic E-state index is 11.6. The zero-order valence-corrected chi connectivity index (χ0v) is 18.2. The van der Waals surface area contributed by atoms with Crippen LogP contribution in [0, 0.1) is 0 Å². The van der Waals surface area contributed by atoms with E-state index in [1.54, 1.807) is 36.4 Å². The Kier molecular flexibility index (Phi) is 6.17. The van der Waals surface area contributed by atoms with Gasteiger partial charge < -0.3 is 19.7 Å². The first-order valence-corrected chi connectivity index (χ1v) is 10.5. The molecule has 1 aromatic heterocycles. The van der Waals surface area contributed by atoms with E-state index in [0.717, 1.165) is 22.6 Å². The molecular weight excluding hydrogens is 460 g/mol. The quantitative estimate of drug-likeness (QED) is 0.592. The summed E-state index contributed by atoms with van der Waals surface area (Å²) in [5.41, 5.74) is 2.39. The third-order valence-corrected chi connectivity index (χ3v) is 6.34. The number of thiophene rings is 1. The van der Waals surface area contributed by atoms with Crippen LogP contribution in [0.3, 0.4) is 0 Å². The van der Waals surface area contributed by atoms with Gasteiger partial charge in [0.15, 0.2) is 17.2 Å². The van der Waals surface area contributed by atoms with Crippen LogP contribution in [0.5, 0.6) is 11.5 Å². The first-order valence-electron chi connectivity index (χ1n) is 9.33. The van der Waals surface area contributed by atoms with Crippen LogP contribution in [-0.2, 0) is 9.73 Å². The highest BCUT2D eigenvalue weighted by Gasteiger charge is 2.28. The maximum absolute atomic E-state index is 11.6. The van der Waals surface area contributed by atoms with E-state index < -0.39 is 18.5 Å². The van der Waals surface area contributed by atoms with Gasteiger partial charge in [0.2, 0.25) is 0 Å². The van der Waals surface area contributed by atoms with E-state index in [4.69, 9.17) is 31.1 Å². The highest BCUT2D eigenvalue weighted by atomic mass is 35.5. The van der Waals surface area contributed by atoms with Crippen LogP contribution in [0.1, 0.15) is 9.67 Å². The van der Waals surface area contributed by atoms with Crippen molar-refractivity contribution in [3.05, 3.63) is 58.0 Å². The Morgan fingerprint density at radius 1 is 1.28 bits per heavy atom. The summed E-state index contributed by atoms with van der Waals surface area (Å²) in [5, 5.41) is 23.9. The van der Waals surface area contributed by atoms with Crippen molar-refractivity contribution in [3.8, 4) is 21.9 Å². The van der Waals surface area contributed by atoms with E-state index in [-0.39, 0.29) is 21.7 Å². The van der Waals surface area contributed by atoms with E-state index >= 15 is 0 Å². The van der Waals surface area contributed by atoms with Gasteiger partial charge in [0.05, 0.1) is 4.88 Å². The molecule has 0 fully saturated rings. The molecule has 0 saturated carbocycles. The van der Waals surface area contributed by atoms with Crippen molar-refractivity contribution < 1.29 is 34.2 Å². The van der Waals surface area contributed by atoms with Crippen LogP contribution in [-0.4, -0.2) is 59.2 Å². The summed E-state index contributed by atoms with van der Waals surface area (Å²) >= 11 is 7.25. The van der Waals surface area contributed by atoms with E-state index in [2.05, 4.69) is 5.16 Å². The van der Waals surface area contributed by atoms with Crippen LogP contribution >= 0.6 is 22.9 Å². The van der Waals surface area contributed by atoms with Crippen LogP contribution < -0.4 is 9.47 Å². The zero-order chi connectivity index (χ0) is 22.8. The third-order valence-electron chi connectivity index (χ3n) is 4.65. The number of hydroxylamine groups is 2. The Bertz CT molecular complexity index is 1170. The van der Waals surface area contributed by atoms with Gasteiger partial charge in [-0.2, -0.15) is 0 Å². The molecule has 9 nitrogen and oxygen atoms in total. The predicted molar refractivity (Wildman–Crippen MR) is 118 cm³/mol. The molecule has 1 atom stereocenters. The van der Waals surface area contributed by atoms with E-state index in [9.17, 15) is 14.7 Å². The Labute approximate surface area is 191 Å². The minimum Gasteiger partial charge on any atom is -0.489 e. The van der Waals surface area contributed by atoms with Gasteiger partial charge in [-0.3, -0.25) is 4.94 Å². The summed E-state index contributed by atoms with van der Waals surface area (Å²) in [5.74, 6) is -2.09. The fourth-order valence-electron chi connectivity index (χ4n) is 3.15. The number of carbonyl (C=O) groups is 2. The molecule has 0 spiro atoms. The fraction of sp³-hybridized carbons (Fsp3) is 0.190. The van der Waals surface area contributed by atoms with Crippen LogP contribution in [0.25, 0.3) is 10.4 Å². The Morgan fingerprint density at radius 2 is 2.09 bits per heavy atom. The Morgan fingerprint density at radius 3 is 2.84 bits per heavy atom. The van der Waals surface area contributed by atoms with Crippen molar-refractivity contribution in [3.63, 3.8) is 0 Å². The summed E-state index contributed by atoms with van der Waals surface area (Å²) in [6.07, 6.45) is 5.78. The minimum atomic E-state index is -1.25. The molecule has 0 amide bonds. The summed E-state index contributed by atoms with van der Waals surface area (Å²) < 4.78 is 11.0. The van der Waals surface area contributed by atoms with Crippen LogP contribution in [0.15, 0.2) is 53.2 Å². The average molecular weight is 477 g/mol. The molecular formula is C21H17ClN2O7S. The largest absolute Gasteiger partial charge is 0.489 e. The number of fused-ring (bicyclic) bond motifs is 1. The Balaban J connectivity index is 1.53. The lowest BCUT2D eigenvalue weighted by molar-refractivity contribution is -0.139. The number of oxime groups is 1. The number of likely N-dealkylation sites (N-methyl/N-ethyl adjacent to an activating group) is 1. The highest BCUT2D eigenvalue weighted by molar-refractivity contribution is 7.18. The molecule has 2 aliphatic rings. The Hall–Kier alpha value is -3.34. The number of nitrogens with zero attached hydrogens (tertiary/aromatic N) is 2. The third kappa shape index (κ3) is 4.47. The van der Waals surface area contributed by atoms with Gasteiger partial charge >= 0.3 is 11.9 Å². The number of hydrogen-bond acceptors (Lipinski definition) is 8. The summed E-state index contributed by atoms with van der Waals surface area (Å²) in [4.78, 5) is 27.8. The zero-order valence-electron chi connectivity index (χ0n) is 16.6. The van der Waals surface area contributed by atoms with E-state index in [1.165, 1.54) is 0 Å². The smallest absolute Gasteiger partial charge is 0.349 e. The molecule has 2 heterocycles. The molecule has 1 aliphatic carbocycles. The van der Waals surface area contributed by atoms with Crippen molar-refractivity contribution in [2.75, 3.05) is 20.3 Å². The molecule has 1 aromatic carbocycles. The summed E-state index contributed by atoms with van der Waals surface area (Å²) in [6, 6.07) is 6.96. The molecule has 11 heteroatoms.